The van der Waals surface area contributed by atoms with Gasteiger partial charge < -0.3 is 36.8 Å². The van der Waals surface area contributed by atoms with Crippen LogP contribution >= 0.6 is 11.6 Å². The summed E-state index contributed by atoms with van der Waals surface area (Å²) in [5.74, 6) is -7.31. The first-order chi connectivity index (χ1) is 16.2. The van der Waals surface area contributed by atoms with E-state index >= 15 is 0 Å². The number of benzene rings is 1. The summed E-state index contributed by atoms with van der Waals surface area (Å²) in [5.41, 5.74) is 8.05. The number of carbonyl (C=O) groups is 3. The Morgan fingerprint density at radius 3 is 2.26 bits per heavy atom. The zero-order valence-corrected chi connectivity index (χ0v) is 20.3. The summed E-state index contributed by atoms with van der Waals surface area (Å²) in [6.07, 6.45) is 0.108. The second-order valence-corrected chi connectivity index (χ2v) is 10.0. The summed E-state index contributed by atoms with van der Waals surface area (Å²) < 4.78 is 0. The molecule has 0 bridgehead atoms. The highest BCUT2D eigenvalue weighted by molar-refractivity contribution is 6.36. The maximum Gasteiger partial charge on any atom is 0.255 e. The molecule has 0 aliphatic heterocycles. The van der Waals surface area contributed by atoms with E-state index in [2.05, 4.69) is 0 Å². The molecule has 0 radical (unpaired) electrons. The lowest BCUT2D eigenvalue weighted by molar-refractivity contribution is -0.153. The van der Waals surface area contributed by atoms with Gasteiger partial charge in [-0.3, -0.25) is 19.3 Å². The lowest BCUT2D eigenvalue weighted by atomic mass is 9.57. The lowest BCUT2D eigenvalue weighted by Gasteiger charge is -2.50. The zero-order chi connectivity index (χ0) is 26.3. The molecule has 11 nitrogen and oxygen atoms in total. The summed E-state index contributed by atoms with van der Waals surface area (Å²) in [6, 6.07) is -1.15. The Hall–Kier alpha value is -3.28. The van der Waals surface area contributed by atoms with Crippen LogP contribution in [0.1, 0.15) is 17.5 Å². The summed E-state index contributed by atoms with van der Waals surface area (Å²) in [4.78, 5) is 42.0. The molecular formula is C23H27ClN4O7. The average molecular weight is 507 g/mol. The number of likely N-dealkylation sites (N-methyl/N-ethyl adjacent to an activating group) is 1. The lowest BCUT2D eigenvalue weighted by Crippen LogP contribution is -2.65. The Balaban J connectivity index is 2.03. The van der Waals surface area contributed by atoms with Crippen molar-refractivity contribution in [2.45, 2.75) is 24.5 Å². The second kappa shape index (κ2) is 7.87. The van der Waals surface area contributed by atoms with Gasteiger partial charge in [0.05, 0.1) is 28.0 Å². The first-order valence-corrected chi connectivity index (χ1v) is 11.2. The summed E-state index contributed by atoms with van der Waals surface area (Å²) in [6.45, 7) is 0. The fourth-order valence-electron chi connectivity index (χ4n) is 5.81. The van der Waals surface area contributed by atoms with Crippen LogP contribution in [0.2, 0.25) is 5.02 Å². The van der Waals surface area contributed by atoms with Gasteiger partial charge in [0, 0.05) is 25.6 Å². The molecule has 0 aromatic heterocycles. The minimum absolute atomic E-state index is 0.0125. The first-order valence-electron chi connectivity index (χ1n) is 10.8. The van der Waals surface area contributed by atoms with Crippen LogP contribution in [0.25, 0.3) is 5.76 Å². The number of primary amides is 1. The highest BCUT2D eigenvalue weighted by Crippen LogP contribution is 2.55. The van der Waals surface area contributed by atoms with E-state index in [9.17, 15) is 34.8 Å². The zero-order valence-electron chi connectivity index (χ0n) is 19.6. The van der Waals surface area contributed by atoms with E-state index in [4.69, 9.17) is 23.1 Å². The number of phenols is 1. The minimum Gasteiger partial charge on any atom is -0.508 e. The normalized spacial score (nSPS) is 28.1. The van der Waals surface area contributed by atoms with E-state index in [1.165, 1.54) is 19.0 Å². The number of carbonyl (C=O) groups excluding carboxylic acids is 3. The Labute approximate surface area is 205 Å². The van der Waals surface area contributed by atoms with Gasteiger partial charge in [-0.05, 0) is 38.4 Å². The number of hydrogen-bond acceptors (Lipinski definition) is 10. The molecule has 4 rings (SSSR count). The number of phenolic OH excluding ortho intramolecular Hbond substituents is 1. The third-order valence-electron chi connectivity index (χ3n) is 7.28. The summed E-state index contributed by atoms with van der Waals surface area (Å²) in [7, 11) is 6.49. The standard InChI is InChI=1S/C23H27ClN4O7/c1-27(2)15-8-5-7-6-9-16(28(3)4)19(31)12(22(26)34)21(33)23(9,35)20(32)10(7)17(29)11(8)18(30)14(25)13(15)24/h7,9,16,29-30,33,35H,5-6,25H2,1-4H3,(H2,26,34)/t7?,9?,16-,23-/m0/s1. The van der Waals surface area contributed by atoms with Crippen molar-refractivity contribution < 1.29 is 34.8 Å². The molecule has 3 aliphatic rings. The van der Waals surface area contributed by atoms with Crippen molar-refractivity contribution in [3.8, 4) is 5.75 Å². The van der Waals surface area contributed by atoms with E-state index in [1.807, 2.05) is 0 Å². The van der Waals surface area contributed by atoms with E-state index in [0.717, 1.165) is 0 Å². The van der Waals surface area contributed by atoms with Gasteiger partial charge in [-0.2, -0.15) is 0 Å². The van der Waals surface area contributed by atoms with Crippen LogP contribution in [0.3, 0.4) is 0 Å². The number of aromatic hydroxyl groups is 1. The predicted molar refractivity (Wildman–Crippen MR) is 128 cm³/mol. The summed E-state index contributed by atoms with van der Waals surface area (Å²) in [5, 5.41) is 44.4. The molecule has 4 atom stereocenters. The molecule has 1 aromatic carbocycles. The number of aliphatic hydroxyl groups is 3. The maximum atomic E-state index is 13.8. The van der Waals surface area contributed by atoms with Crippen LogP contribution < -0.4 is 16.4 Å². The predicted octanol–water partition coefficient (Wildman–Crippen LogP) is 0.266. The molecule has 1 aromatic rings. The third kappa shape index (κ3) is 3.08. The maximum absolute atomic E-state index is 13.8. The smallest absolute Gasteiger partial charge is 0.255 e. The molecule has 35 heavy (non-hydrogen) atoms. The highest BCUT2D eigenvalue weighted by Gasteiger charge is 2.64. The molecule has 0 heterocycles. The molecule has 8 N–H and O–H groups in total. The van der Waals surface area contributed by atoms with Gasteiger partial charge in [-0.25, -0.2) is 0 Å². The molecule has 3 aliphatic carbocycles. The number of nitrogens with zero attached hydrogens (tertiary/aromatic N) is 2. The van der Waals surface area contributed by atoms with Crippen molar-refractivity contribution in [2.24, 2.45) is 17.6 Å². The molecule has 12 heteroatoms. The van der Waals surface area contributed by atoms with Crippen molar-refractivity contribution in [1.82, 2.24) is 4.90 Å². The molecule has 0 saturated heterocycles. The number of anilines is 2. The van der Waals surface area contributed by atoms with E-state index in [-0.39, 0.29) is 34.7 Å². The van der Waals surface area contributed by atoms with Crippen molar-refractivity contribution in [3.63, 3.8) is 0 Å². The number of nitrogens with two attached hydrogens (primary N) is 2. The average Bonchev–Trinajstić information content (AvgIpc) is 2.74. The van der Waals surface area contributed by atoms with Crippen LogP contribution in [0.4, 0.5) is 11.4 Å². The number of Topliss-reactive ketones (excluding diaryl/α,β-unsaturated/α-hetero) is 2. The Morgan fingerprint density at radius 1 is 1.14 bits per heavy atom. The van der Waals surface area contributed by atoms with Crippen molar-refractivity contribution in [1.29, 1.82) is 0 Å². The van der Waals surface area contributed by atoms with Gasteiger partial charge in [0.25, 0.3) is 5.91 Å². The van der Waals surface area contributed by atoms with E-state index < -0.39 is 63.8 Å². The molecule has 2 unspecified atom stereocenters. The number of aliphatic hydroxyl groups excluding tert-OH is 2. The Kier molecular flexibility index (Phi) is 5.58. The number of fused-ring (bicyclic) bond motifs is 3. The molecular weight excluding hydrogens is 480 g/mol. The summed E-state index contributed by atoms with van der Waals surface area (Å²) >= 11 is 6.40. The fraction of sp³-hybridized carbons (Fsp3) is 0.435. The van der Waals surface area contributed by atoms with E-state index in [0.29, 0.717) is 11.3 Å². The quantitative estimate of drug-likeness (QED) is 0.188. The van der Waals surface area contributed by atoms with Crippen LogP contribution in [-0.4, -0.2) is 82.6 Å². The van der Waals surface area contributed by atoms with Crippen LogP contribution in [0, 0.1) is 11.8 Å². The molecule has 188 valence electrons. The second-order valence-electron chi connectivity index (χ2n) is 9.63. The van der Waals surface area contributed by atoms with Gasteiger partial charge in [0.1, 0.15) is 17.1 Å². The van der Waals surface area contributed by atoms with Gasteiger partial charge in [0.15, 0.2) is 17.1 Å². The van der Waals surface area contributed by atoms with Gasteiger partial charge in [-0.15, -0.1) is 0 Å². The largest absolute Gasteiger partial charge is 0.508 e. The molecule has 1 saturated carbocycles. The van der Waals surface area contributed by atoms with Crippen LogP contribution in [0.15, 0.2) is 16.9 Å². The number of halogens is 1. The first kappa shape index (κ1) is 24.8. The number of hydrogen-bond donors (Lipinski definition) is 6. The number of amides is 1. The topological polar surface area (TPSA) is 191 Å². The molecule has 1 fully saturated rings. The van der Waals surface area contributed by atoms with Crippen molar-refractivity contribution in [2.75, 3.05) is 38.8 Å². The molecule has 0 spiro atoms. The van der Waals surface area contributed by atoms with Gasteiger partial charge in [-0.1, -0.05) is 11.6 Å². The van der Waals surface area contributed by atoms with Crippen LogP contribution in [-0.2, 0) is 20.8 Å². The Morgan fingerprint density at radius 2 is 1.74 bits per heavy atom. The van der Waals surface area contributed by atoms with Gasteiger partial charge in [0.2, 0.25) is 5.78 Å². The molecule has 1 amide bonds. The minimum atomic E-state index is -2.69. The third-order valence-corrected chi connectivity index (χ3v) is 7.67. The van der Waals surface area contributed by atoms with Crippen molar-refractivity contribution in [3.05, 3.63) is 33.1 Å². The van der Waals surface area contributed by atoms with Crippen LogP contribution in [0.5, 0.6) is 5.75 Å². The van der Waals surface area contributed by atoms with E-state index in [1.54, 1.807) is 19.0 Å². The Bertz CT molecular complexity index is 1270. The highest BCUT2D eigenvalue weighted by atomic mass is 35.5. The van der Waals surface area contributed by atoms with Crippen molar-refractivity contribution >= 4 is 46.2 Å². The SMILES string of the molecule is CN(C)c1c(Cl)c(N)c(O)c2c1CC1CC3[C@H](N(C)C)C(=O)C(C(N)=O)=C(O)[C@@]3(O)C(=O)C1=C2O. The number of rotatable bonds is 3. The fourth-order valence-corrected chi connectivity index (χ4v) is 6.18. The number of ketones is 2. The number of nitrogen functional groups attached to an aromatic ring is 1. The monoisotopic (exact) mass is 506 g/mol. The van der Waals surface area contributed by atoms with Gasteiger partial charge >= 0.3 is 0 Å².